The molecular formula is C24H46O4. The summed E-state index contributed by atoms with van der Waals surface area (Å²) in [5, 5.41) is 0. The molecule has 0 spiro atoms. The van der Waals surface area contributed by atoms with Gasteiger partial charge in [-0.05, 0) is 34.5 Å². The van der Waals surface area contributed by atoms with Crippen LogP contribution in [0, 0.1) is 33.5 Å². The van der Waals surface area contributed by atoms with Gasteiger partial charge in [0.2, 0.25) is 0 Å². The van der Waals surface area contributed by atoms with Crippen LogP contribution in [0.1, 0.15) is 95.9 Å². The molecule has 2 atom stereocenters. The number of hydrogen-bond donors (Lipinski definition) is 0. The molecule has 0 aliphatic rings. The summed E-state index contributed by atoms with van der Waals surface area (Å²) in [6, 6.07) is 0. The van der Waals surface area contributed by atoms with E-state index >= 15 is 0 Å². The van der Waals surface area contributed by atoms with E-state index in [1.807, 2.05) is 41.5 Å². The molecule has 0 bridgehead atoms. The van der Waals surface area contributed by atoms with Crippen molar-refractivity contribution in [2.24, 2.45) is 33.5 Å². The molecular weight excluding hydrogens is 352 g/mol. The highest BCUT2D eigenvalue weighted by Crippen LogP contribution is 2.37. The van der Waals surface area contributed by atoms with Crippen LogP contribution in [-0.2, 0) is 19.1 Å². The molecule has 0 saturated heterocycles. The first kappa shape index (κ1) is 26.9. The highest BCUT2D eigenvalue weighted by Gasteiger charge is 2.41. The third-order valence-corrected chi connectivity index (χ3v) is 4.05. The summed E-state index contributed by atoms with van der Waals surface area (Å²) in [6.07, 6.45) is 1.17. The molecule has 0 aromatic heterocycles. The molecule has 28 heavy (non-hydrogen) atoms. The van der Waals surface area contributed by atoms with Crippen molar-refractivity contribution in [1.29, 1.82) is 0 Å². The van der Waals surface area contributed by atoms with Crippen LogP contribution in [0.4, 0.5) is 0 Å². The van der Waals surface area contributed by atoms with Crippen molar-refractivity contribution in [3.05, 3.63) is 0 Å². The number of ether oxygens (including phenoxy) is 2. The molecule has 0 rings (SSSR count). The highest BCUT2D eigenvalue weighted by molar-refractivity contribution is 5.82. The highest BCUT2D eigenvalue weighted by atomic mass is 16.5. The maximum atomic E-state index is 13.1. The van der Waals surface area contributed by atoms with Crippen LogP contribution in [-0.4, -0.2) is 25.2 Å². The molecule has 0 aliphatic carbocycles. The van der Waals surface area contributed by atoms with E-state index in [0.29, 0.717) is 26.1 Å². The molecule has 0 aliphatic heterocycles. The normalized spacial score (nSPS) is 15.7. The Morgan fingerprint density at radius 2 is 0.786 bits per heavy atom. The van der Waals surface area contributed by atoms with Gasteiger partial charge in [0, 0.05) is 0 Å². The van der Waals surface area contributed by atoms with Gasteiger partial charge in [0.05, 0.1) is 25.0 Å². The summed E-state index contributed by atoms with van der Waals surface area (Å²) in [6.45, 7) is 25.4. The van der Waals surface area contributed by atoms with Crippen molar-refractivity contribution in [3.8, 4) is 0 Å². The van der Waals surface area contributed by atoms with E-state index in [-0.39, 0.29) is 33.6 Å². The van der Waals surface area contributed by atoms with Gasteiger partial charge in [-0.1, -0.05) is 83.1 Å². The number of carbonyl (C=O) groups excluding carboxylic acids is 2. The predicted octanol–water partition coefficient (Wildman–Crippen LogP) is 6.27. The van der Waals surface area contributed by atoms with Gasteiger partial charge in [0.25, 0.3) is 0 Å². The molecule has 0 aromatic carbocycles. The molecule has 166 valence electrons. The second-order valence-electron chi connectivity index (χ2n) is 13.1. The van der Waals surface area contributed by atoms with E-state index in [1.54, 1.807) is 0 Å². The first-order chi connectivity index (χ1) is 12.2. The van der Waals surface area contributed by atoms with E-state index in [9.17, 15) is 9.59 Å². The summed E-state index contributed by atoms with van der Waals surface area (Å²) in [5.74, 6) is -1.58. The summed E-state index contributed by atoms with van der Waals surface area (Å²) in [5.41, 5.74) is -0.444. The second-order valence-corrected chi connectivity index (χ2v) is 13.1. The monoisotopic (exact) mass is 398 g/mol. The average Bonchev–Trinajstić information content (AvgIpc) is 2.42. The summed E-state index contributed by atoms with van der Waals surface area (Å²) in [4.78, 5) is 26.1. The zero-order valence-corrected chi connectivity index (χ0v) is 20.6. The fourth-order valence-electron chi connectivity index (χ4n) is 2.89. The molecule has 4 heteroatoms. The van der Waals surface area contributed by atoms with Gasteiger partial charge in [0.1, 0.15) is 0 Å². The lowest BCUT2D eigenvalue weighted by Crippen LogP contribution is -2.39. The third kappa shape index (κ3) is 13.2. The molecule has 0 heterocycles. The molecule has 0 fully saturated rings. The molecule has 0 saturated carbocycles. The van der Waals surface area contributed by atoms with Crippen molar-refractivity contribution < 1.29 is 19.1 Å². The van der Waals surface area contributed by atoms with Gasteiger partial charge in [-0.25, -0.2) is 0 Å². The van der Waals surface area contributed by atoms with Gasteiger partial charge in [-0.2, -0.15) is 0 Å². The Morgan fingerprint density at radius 1 is 0.536 bits per heavy atom. The molecule has 0 aromatic rings. The lowest BCUT2D eigenvalue weighted by molar-refractivity contribution is -0.166. The van der Waals surface area contributed by atoms with Crippen LogP contribution >= 0.6 is 0 Å². The smallest absolute Gasteiger partial charge is 0.309 e. The lowest BCUT2D eigenvalue weighted by Gasteiger charge is -2.34. The minimum atomic E-state index is -0.506. The SMILES string of the molecule is CC(C)(C)COC(=O)C(CC(C)(C)C)C(CC(C)(C)C)C(=O)OCC(C)(C)C. The Morgan fingerprint density at radius 3 is 0.964 bits per heavy atom. The van der Waals surface area contributed by atoms with Gasteiger partial charge in [-0.3, -0.25) is 9.59 Å². The largest absolute Gasteiger partial charge is 0.465 e. The van der Waals surface area contributed by atoms with Crippen LogP contribution < -0.4 is 0 Å². The Kier molecular flexibility index (Phi) is 9.26. The van der Waals surface area contributed by atoms with Crippen LogP contribution in [0.3, 0.4) is 0 Å². The van der Waals surface area contributed by atoms with E-state index in [4.69, 9.17) is 9.47 Å². The molecule has 2 unspecified atom stereocenters. The van der Waals surface area contributed by atoms with Gasteiger partial charge in [-0.15, -0.1) is 0 Å². The number of carbonyl (C=O) groups is 2. The van der Waals surface area contributed by atoms with E-state index in [1.165, 1.54) is 0 Å². The Hall–Kier alpha value is -1.06. The topological polar surface area (TPSA) is 52.6 Å². The predicted molar refractivity (Wildman–Crippen MR) is 116 cm³/mol. The molecule has 0 radical (unpaired) electrons. The van der Waals surface area contributed by atoms with E-state index in [0.717, 1.165) is 0 Å². The third-order valence-electron chi connectivity index (χ3n) is 4.05. The summed E-state index contributed by atoms with van der Waals surface area (Å²) in [7, 11) is 0. The van der Waals surface area contributed by atoms with Crippen molar-refractivity contribution in [2.45, 2.75) is 95.9 Å². The van der Waals surface area contributed by atoms with Crippen molar-refractivity contribution in [1.82, 2.24) is 0 Å². The number of rotatable bonds is 7. The zero-order valence-electron chi connectivity index (χ0n) is 20.6. The fourth-order valence-corrected chi connectivity index (χ4v) is 2.89. The summed E-state index contributed by atoms with van der Waals surface area (Å²) >= 11 is 0. The maximum absolute atomic E-state index is 13.1. The van der Waals surface area contributed by atoms with Crippen LogP contribution in [0.15, 0.2) is 0 Å². The average molecular weight is 399 g/mol. The quantitative estimate of drug-likeness (QED) is 0.474. The second kappa shape index (κ2) is 9.63. The first-order valence-corrected chi connectivity index (χ1v) is 10.5. The van der Waals surface area contributed by atoms with E-state index in [2.05, 4.69) is 41.5 Å². The maximum Gasteiger partial charge on any atom is 0.309 e. The number of hydrogen-bond acceptors (Lipinski definition) is 4. The minimum absolute atomic E-state index is 0.105. The lowest BCUT2D eigenvalue weighted by atomic mass is 9.73. The molecule has 0 N–H and O–H groups in total. The van der Waals surface area contributed by atoms with Gasteiger partial charge in [0.15, 0.2) is 0 Å². The summed E-state index contributed by atoms with van der Waals surface area (Å²) < 4.78 is 11.3. The van der Waals surface area contributed by atoms with Crippen molar-refractivity contribution in [3.63, 3.8) is 0 Å². The minimum Gasteiger partial charge on any atom is -0.465 e. The van der Waals surface area contributed by atoms with E-state index < -0.39 is 11.8 Å². The van der Waals surface area contributed by atoms with Crippen molar-refractivity contribution in [2.75, 3.05) is 13.2 Å². The van der Waals surface area contributed by atoms with Crippen molar-refractivity contribution >= 4 is 11.9 Å². The van der Waals surface area contributed by atoms with Crippen LogP contribution in [0.25, 0.3) is 0 Å². The number of esters is 2. The molecule has 4 nitrogen and oxygen atoms in total. The van der Waals surface area contributed by atoms with Crippen LogP contribution in [0.5, 0.6) is 0 Å². The Bertz CT molecular complexity index is 459. The standard InChI is InChI=1S/C24H46O4/c1-21(2,3)13-17(19(25)27-15-23(7,8)9)18(14-22(4,5)6)20(26)28-16-24(10,11)12/h17-18H,13-16H2,1-12H3. The van der Waals surface area contributed by atoms with Crippen LogP contribution in [0.2, 0.25) is 0 Å². The van der Waals surface area contributed by atoms with Gasteiger partial charge < -0.3 is 9.47 Å². The zero-order chi connectivity index (χ0) is 22.6. The molecule has 0 amide bonds. The fraction of sp³-hybridized carbons (Fsp3) is 0.917. The Labute approximate surface area is 174 Å². The Balaban J connectivity index is 5.73. The first-order valence-electron chi connectivity index (χ1n) is 10.5. The van der Waals surface area contributed by atoms with Gasteiger partial charge >= 0.3 is 11.9 Å².